The van der Waals surface area contributed by atoms with Gasteiger partial charge in [0.2, 0.25) is 0 Å². The van der Waals surface area contributed by atoms with E-state index in [4.69, 9.17) is 4.74 Å². The highest BCUT2D eigenvalue weighted by molar-refractivity contribution is 9.09. The van der Waals surface area contributed by atoms with Gasteiger partial charge in [-0.25, -0.2) is 4.39 Å². The van der Waals surface area contributed by atoms with Gasteiger partial charge in [0.25, 0.3) is 0 Å². The summed E-state index contributed by atoms with van der Waals surface area (Å²) >= 11 is 6.93. The van der Waals surface area contributed by atoms with Gasteiger partial charge >= 0.3 is 0 Å². The van der Waals surface area contributed by atoms with Crippen LogP contribution in [0.1, 0.15) is 12.5 Å². The van der Waals surface area contributed by atoms with Gasteiger partial charge in [0.15, 0.2) is 11.6 Å². The van der Waals surface area contributed by atoms with E-state index in [1.54, 1.807) is 12.1 Å². The van der Waals surface area contributed by atoms with E-state index < -0.39 is 0 Å². The van der Waals surface area contributed by atoms with Crippen LogP contribution in [-0.2, 0) is 6.42 Å². The molecule has 0 radical (unpaired) electrons. The molecule has 1 nitrogen and oxygen atoms in total. The second-order valence-electron chi connectivity index (χ2n) is 4.19. The predicted molar refractivity (Wildman–Crippen MR) is 72.4 cm³/mol. The summed E-state index contributed by atoms with van der Waals surface area (Å²) in [7, 11) is 1.48. The van der Waals surface area contributed by atoms with Crippen LogP contribution in [-0.4, -0.2) is 17.8 Å². The van der Waals surface area contributed by atoms with E-state index in [1.807, 2.05) is 6.07 Å². The van der Waals surface area contributed by atoms with E-state index in [1.165, 1.54) is 7.11 Å². The van der Waals surface area contributed by atoms with Gasteiger partial charge in [0, 0.05) is 10.7 Å². The molecule has 0 saturated heterocycles. The molecule has 0 N–H and O–H groups in total. The van der Waals surface area contributed by atoms with E-state index in [0.29, 0.717) is 17.7 Å². The van der Waals surface area contributed by atoms with Crippen molar-refractivity contribution in [1.82, 2.24) is 0 Å². The first-order chi connectivity index (χ1) is 7.56. The van der Waals surface area contributed by atoms with Crippen molar-refractivity contribution in [2.75, 3.05) is 17.8 Å². The Kier molecular flexibility index (Phi) is 5.25. The van der Waals surface area contributed by atoms with Crippen LogP contribution in [0.25, 0.3) is 0 Å². The molecule has 16 heavy (non-hydrogen) atoms. The van der Waals surface area contributed by atoms with Gasteiger partial charge in [0.05, 0.1) is 7.11 Å². The third-order valence-electron chi connectivity index (χ3n) is 2.53. The number of hydrogen-bond donors (Lipinski definition) is 0. The molecule has 0 atom stereocenters. The molecule has 0 aromatic heterocycles. The summed E-state index contributed by atoms with van der Waals surface area (Å²) in [6, 6.07) is 5.26. The number of hydrogen-bond acceptors (Lipinski definition) is 1. The molecule has 0 aliphatic carbocycles. The molecule has 1 aromatic rings. The largest absolute Gasteiger partial charge is 0.494 e. The first kappa shape index (κ1) is 14.0. The van der Waals surface area contributed by atoms with Gasteiger partial charge in [-0.3, -0.25) is 0 Å². The van der Waals surface area contributed by atoms with Crippen molar-refractivity contribution in [1.29, 1.82) is 0 Å². The molecular weight excluding hydrogens is 339 g/mol. The van der Waals surface area contributed by atoms with Crippen molar-refractivity contribution in [2.24, 2.45) is 5.41 Å². The zero-order valence-electron chi connectivity index (χ0n) is 9.40. The Labute approximate surface area is 113 Å². The highest BCUT2D eigenvalue weighted by Gasteiger charge is 2.24. The van der Waals surface area contributed by atoms with Gasteiger partial charge in [-0.2, -0.15) is 0 Å². The number of alkyl halides is 2. The van der Waals surface area contributed by atoms with E-state index in [9.17, 15) is 4.39 Å². The molecule has 0 unspecified atom stereocenters. The molecule has 4 heteroatoms. The minimum absolute atomic E-state index is 0.00715. The van der Waals surface area contributed by atoms with Crippen molar-refractivity contribution in [2.45, 2.75) is 13.3 Å². The van der Waals surface area contributed by atoms with Crippen molar-refractivity contribution in [3.05, 3.63) is 29.6 Å². The van der Waals surface area contributed by atoms with Gasteiger partial charge in [-0.05, 0) is 23.5 Å². The number of benzene rings is 1. The molecule has 0 saturated carbocycles. The van der Waals surface area contributed by atoms with Crippen molar-refractivity contribution >= 4 is 31.9 Å². The average molecular weight is 354 g/mol. The molecule has 0 heterocycles. The van der Waals surface area contributed by atoms with Gasteiger partial charge in [-0.1, -0.05) is 50.9 Å². The fourth-order valence-electron chi connectivity index (χ4n) is 1.44. The smallest absolute Gasteiger partial charge is 0.168 e. The molecule has 0 aliphatic rings. The van der Waals surface area contributed by atoms with E-state index >= 15 is 0 Å². The highest BCUT2D eigenvalue weighted by atomic mass is 79.9. The first-order valence-electron chi connectivity index (χ1n) is 4.99. The Hall–Kier alpha value is -0.0900. The summed E-state index contributed by atoms with van der Waals surface area (Å²) in [5.41, 5.74) is 0.702. The van der Waals surface area contributed by atoms with Crippen LogP contribution >= 0.6 is 31.9 Å². The molecule has 0 amide bonds. The number of methoxy groups -OCH3 is 1. The maximum Gasteiger partial charge on any atom is 0.168 e. The van der Waals surface area contributed by atoms with E-state index in [-0.39, 0.29) is 11.2 Å². The number of ether oxygens (including phenoxy) is 1. The zero-order valence-corrected chi connectivity index (χ0v) is 12.6. The third kappa shape index (κ3) is 3.20. The lowest BCUT2D eigenvalue weighted by atomic mass is 9.87. The Balaban J connectivity index is 2.97. The Morgan fingerprint density at radius 1 is 1.31 bits per heavy atom. The van der Waals surface area contributed by atoms with E-state index in [0.717, 1.165) is 10.7 Å². The summed E-state index contributed by atoms with van der Waals surface area (Å²) in [6.45, 7) is 2.11. The predicted octanol–water partition coefficient (Wildman–Crippen LogP) is 4.17. The summed E-state index contributed by atoms with van der Waals surface area (Å²) in [5, 5.41) is 1.64. The van der Waals surface area contributed by atoms with Crippen molar-refractivity contribution < 1.29 is 9.13 Å². The van der Waals surface area contributed by atoms with E-state index in [2.05, 4.69) is 38.8 Å². The molecule has 1 aromatic carbocycles. The normalized spacial score (nSPS) is 11.6. The first-order valence-corrected chi connectivity index (χ1v) is 7.24. The second-order valence-corrected chi connectivity index (χ2v) is 5.31. The summed E-state index contributed by atoms with van der Waals surface area (Å²) in [5.74, 6) is 0.0575. The average Bonchev–Trinajstić information content (AvgIpc) is 2.32. The van der Waals surface area contributed by atoms with Gasteiger partial charge in [-0.15, -0.1) is 0 Å². The lowest BCUT2D eigenvalue weighted by molar-refractivity contribution is 0.375. The van der Waals surface area contributed by atoms with Gasteiger partial charge < -0.3 is 4.74 Å². The quantitative estimate of drug-likeness (QED) is 0.722. The topological polar surface area (TPSA) is 9.23 Å². The molecular formula is C12H15Br2FO. The lowest BCUT2D eigenvalue weighted by Crippen LogP contribution is -2.23. The lowest BCUT2D eigenvalue weighted by Gasteiger charge is -2.25. The summed E-state index contributed by atoms with van der Waals surface area (Å²) in [6.07, 6.45) is 0.673. The minimum Gasteiger partial charge on any atom is -0.494 e. The second kappa shape index (κ2) is 6.01. The molecule has 90 valence electrons. The Morgan fingerprint density at radius 3 is 2.44 bits per heavy atom. The third-order valence-corrected chi connectivity index (χ3v) is 5.23. The SMILES string of the molecule is COc1cccc(CC(C)(CBr)CBr)c1F. The number of rotatable bonds is 5. The van der Waals surface area contributed by atoms with Crippen molar-refractivity contribution in [3.8, 4) is 5.75 Å². The maximum absolute atomic E-state index is 13.9. The van der Waals surface area contributed by atoms with Crippen molar-refractivity contribution in [3.63, 3.8) is 0 Å². The van der Waals surface area contributed by atoms with Crippen LogP contribution in [0.3, 0.4) is 0 Å². The van der Waals surface area contributed by atoms with Gasteiger partial charge in [0.1, 0.15) is 0 Å². The van der Waals surface area contributed by atoms with Crippen LogP contribution in [0.2, 0.25) is 0 Å². The van der Waals surface area contributed by atoms with Crippen LogP contribution in [0.15, 0.2) is 18.2 Å². The maximum atomic E-state index is 13.9. The van der Waals surface area contributed by atoms with Crippen LogP contribution in [0.5, 0.6) is 5.75 Å². The zero-order chi connectivity index (χ0) is 12.2. The fourth-order valence-corrected chi connectivity index (χ4v) is 2.77. The minimum atomic E-state index is -0.252. The molecule has 0 fully saturated rings. The summed E-state index contributed by atoms with van der Waals surface area (Å²) in [4.78, 5) is 0. The molecule has 0 bridgehead atoms. The van der Waals surface area contributed by atoms with Crippen LogP contribution in [0.4, 0.5) is 4.39 Å². The van der Waals surface area contributed by atoms with Crippen LogP contribution < -0.4 is 4.74 Å². The highest BCUT2D eigenvalue weighted by Crippen LogP contribution is 2.30. The Bertz CT molecular complexity index is 351. The monoisotopic (exact) mass is 352 g/mol. The standard InChI is InChI=1S/C12H15Br2FO/c1-12(7-13,8-14)6-9-4-3-5-10(16-2)11(9)15/h3-5H,6-8H2,1-2H3. The molecule has 0 aliphatic heterocycles. The molecule has 1 rings (SSSR count). The summed E-state index contributed by atoms with van der Waals surface area (Å²) < 4.78 is 18.9. The van der Waals surface area contributed by atoms with Crippen LogP contribution in [0, 0.1) is 11.2 Å². The fraction of sp³-hybridized carbons (Fsp3) is 0.500. The number of halogens is 3. The molecule has 0 spiro atoms. The Morgan fingerprint density at radius 2 is 1.94 bits per heavy atom.